The Hall–Kier alpha value is -2.88. The van der Waals surface area contributed by atoms with Gasteiger partial charge in [-0.25, -0.2) is 0 Å². The Morgan fingerprint density at radius 3 is 2.77 bits per heavy atom. The summed E-state index contributed by atoms with van der Waals surface area (Å²) in [7, 11) is 0. The second-order valence-corrected chi connectivity index (χ2v) is 5.41. The Balaban J connectivity index is 1.89. The lowest BCUT2D eigenvalue weighted by Crippen LogP contribution is -2.02. The molecule has 4 nitrogen and oxygen atoms in total. The van der Waals surface area contributed by atoms with Gasteiger partial charge in [0.2, 0.25) is 6.39 Å². The molecule has 4 heteroatoms. The lowest BCUT2D eigenvalue weighted by molar-refractivity contribution is 0.562. The smallest absolute Gasteiger partial charge is 0.264 e. The first-order chi connectivity index (χ1) is 10.8. The van der Waals surface area contributed by atoms with Crippen molar-refractivity contribution in [2.24, 2.45) is 0 Å². The molecule has 0 bridgehead atoms. The van der Waals surface area contributed by atoms with Crippen molar-refractivity contribution in [3.63, 3.8) is 0 Å². The van der Waals surface area contributed by atoms with E-state index in [1.807, 2.05) is 12.1 Å². The van der Waals surface area contributed by atoms with E-state index < -0.39 is 0 Å². The minimum atomic E-state index is 0.545. The monoisotopic (exact) mass is 289 g/mol. The van der Waals surface area contributed by atoms with Crippen LogP contribution in [0.2, 0.25) is 0 Å². The van der Waals surface area contributed by atoms with Gasteiger partial charge in [-0.3, -0.25) is 0 Å². The summed E-state index contributed by atoms with van der Waals surface area (Å²) in [6.07, 6.45) is 1.37. The molecule has 0 amide bonds. The zero-order valence-electron chi connectivity index (χ0n) is 12.2. The van der Waals surface area contributed by atoms with Gasteiger partial charge < -0.3 is 8.98 Å². The minimum Gasteiger partial charge on any atom is -0.422 e. The molecule has 0 radical (unpaired) electrons. The molecule has 0 unspecified atom stereocenters. The largest absolute Gasteiger partial charge is 0.422 e. The highest BCUT2D eigenvalue weighted by atomic mass is 16.4. The summed E-state index contributed by atoms with van der Waals surface area (Å²) in [6, 6.07) is 18.9. The van der Waals surface area contributed by atoms with Gasteiger partial charge in [-0.2, -0.15) is 0 Å². The average Bonchev–Trinajstić information content (AvgIpc) is 3.15. The van der Waals surface area contributed by atoms with E-state index in [0.29, 0.717) is 5.89 Å². The maximum absolute atomic E-state index is 5.41. The van der Waals surface area contributed by atoms with E-state index >= 15 is 0 Å². The van der Waals surface area contributed by atoms with Crippen LogP contribution in [0.15, 0.2) is 65.4 Å². The van der Waals surface area contributed by atoms with E-state index in [9.17, 15) is 0 Å². The highest BCUT2D eigenvalue weighted by Crippen LogP contribution is 2.27. The summed E-state index contributed by atoms with van der Waals surface area (Å²) in [4.78, 5) is 0. The Kier molecular flexibility index (Phi) is 3.00. The molecular weight excluding hydrogens is 274 g/mol. The van der Waals surface area contributed by atoms with E-state index in [1.54, 1.807) is 0 Å². The van der Waals surface area contributed by atoms with Gasteiger partial charge in [-0.15, -0.1) is 10.2 Å². The molecule has 108 valence electrons. The van der Waals surface area contributed by atoms with Crippen molar-refractivity contribution < 1.29 is 4.42 Å². The fraction of sp³-hybridized carbons (Fsp3) is 0.111. The number of nitrogens with zero attached hydrogens (tertiary/aromatic N) is 3. The van der Waals surface area contributed by atoms with Crippen LogP contribution in [0.5, 0.6) is 0 Å². The number of aromatic nitrogens is 3. The van der Waals surface area contributed by atoms with Crippen LogP contribution in [-0.2, 0) is 6.54 Å². The number of benzene rings is 2. The van der Waals surface area contributed by atoms with Crippen molar-refractivity contribution in [1.82, 2.24) is 14.8 Å². The number of aryl methyl sites for hydroxylation is 1. The summed E-state index contributed by atoms with van der Waals surface area (Å²) in [5.74, 6) is 0.545. The van der Waals surface area contributed by atoms with Gasteiger partial charge in [0.1, 0.15) is 5.69 Å². The van der Waals surface area contributed by atoms with Gasteiger partial charge in [0, 0.05) is 17.4 Å². The molecule has 2 aromatic carbocycles. The van der Waals surface area contributed by atoms with Crippen LogP contribution in [0.25, 0.3) is 22.5 Å². The number of rotatable bonds is 3. The van der Waals surface area contributed by atoms with Gasteiger partial charge in [0.25, 0.3) is 5.89 Å². The van der Waals surface area contributed by atoms with Crippen LogP contribution in [-0.4, -0.2) is 14.8 Å². The summed E-state index contributed by atoms with van der Waals surface area (Å²) in [5, 5.41) is 9.03. The molecule has 0 saturated carbocycles. The molecule has 0 atom stereocenters. The number of hydrogen-bond donors (Lipinski definition) is 0. The third-order valence-electron chi connectivity index (χ3n) is 3.81. The summed E-state index contributed by atoms with van der Waals surface area (Å²) < 4.78 is 7.63. The highest BCUT2D eigenvalue weighted by Gasteiger charge is 2.14. The molecule has 0 fully saturated rings. The van der Waals surface area contributed by atoms with Gasteiger partial charge in [0.15, 0.2) is 0 Å². The fourth-order valence-electron chi connectivity index (χ4n) is 2.84. The number of fused-ring (bicyclic) bond motifs is 1. The van der Waals surface area contributed by atoms with Crippen molar-refractivity contribution >= 4 is 10.9 Å². The van der Waals surface area contributed by atoms with Gasteiger partial charge >= 0.3 is 0 Å². The van der Waals surface area contributed by atoms with Crippen molar-refractivity contribution in [1.29, 1.82) is 0 Å². The zero-order valence-corrected chi connectivity index (χ0v) is 12.2. The minimum absolute atomic E-state index is 0.545. The third-order valence-corrected chi connectivity index (χ3v) is 3.81. The lowest BCUT2D eigenvalue weighted by atomic mass is 10.1. The third kappa shape index (κ3) is 2.19. The van der Waals surface area contributed by atoms with Crippen LogP contribution in [0.1, 0.15) is 11.1 Å². The van der Waals surface area contributed by atoms with E-state index in [2.05, 4.69) is 64.2 Å². The molecule has 2 heterocycles. The number of para-hydroxylation sites is 1. The van der Waals surface area contributed by atoms with Gasteiger partial charge in [0.05, 0.1) is 0 Å². The molecule has 0 aliphatic rings. The van der Waals surface area contributed by atoms with Gasteiger partial charge in [-0.05, 0) is 24.6 Å². The normalized spacial score (nSPS) is 11.1. The first-order valence-corrected chi connectivity index (χ1v) is 7.21. The van der Waals surface area contributed by atoms with Gasteiger partial charge in [-0.1, -0.05) is 48.0 Å². The summed E-state index contributed by atoms with van der Waals surface area (Å²) in [6.45, 7) is 2.88. The van der Waals surface area contributed by atoms with Crippen molar-refractivity contribution in [3.8, 4) is 11.6 Å². The summed E-state index contributed by atoms with van der Waals surface area (Å²) in [5.41, 5.74) is 4.62. The van der Waals surface area contributed by atoms with E-state index in [-0.39, 0.29) is 0 Å². The van der Waals surface area contributed by atoms with Crippen LogP contribution >= 0.6 is 0 Å². The fourth-order valence-corrected chi connectivity index (χ4v) is 2.84. The Morgan fingerprint density at radius 1 is 1.05 bits per heavy atom. The topological polar surface area (TPSA) is 43.9 Å². The van der Waals surface area contributed by atoms with Crippen LogP contribution in [0, 0.1) is 6.92 Å². The predicted molar refractivity (Wildman–Crippen MR) is 85.5 cm³/mol. The standard InChI is InChI=1S/C18H15N3O/c1-13-5-4-6-14(9-13)11-21-16-8-3-2-7-15(16)10-17(21)18-20-19-12-22-18/h2-10,12H,11H2,1H3. The molecule has 0 aliphatic carbocycles. The Bertz CT molecular complexity index is 923. The average molecular weight is 289 g/mol. The maximum Gasteiger partial charge on any atom is 0.264 e. The Labute approximate surface area is 128 Å². The second kappa shape index (κ2) is 5.15. The first kappa shape index (κ1) is 12.8. The SMILES string of the molecule is Cc1cccc(Cn2c(-c3nnco3)cc3ccccc32)c1. The highest BCUT2D eigenvalue weighted by molar-refractivity contribution is 5.85. The van der Waals surface area contributed by atoms with E-state index in [4.69, 9.17) is 4.42 Å². The second-order valence-electron chi connectivity index (χ2n) is 5.41. The van der Waals surface area contributed by atoms with Crippen LogP contribution in [0.4, 0.5) is 0 Å². The molecule has 0 spiro atoms. The van der Waals surface area contributed by atoms with Crippen LogP contribution < -0.4 is 0 Å². The maximum atomic E-state index is 5.41. The molecule has 0 saturated heterocycles. The Morgan fingerprint density at radius 2 is 1.95 bits per heavy atom. The molecule has 2 aromatic heterocycles. The summed E-state index contributed by atoms with van der Waals surface area (Å²) >= 11 is 0. The molecular formula is C18H15N3O. The first-order valence-electron chi connectivity index (χ1n) is 7.21. The molecule has 22 heavy (non-hydrogen) atoms. The molecule has 0 aliphatic heterocycles. The zero-order chi connectivity index (χ0) is 14.9. The predicted octanol–water partition coefficient (Wildman–Crippen LogP) is 4.05. The van der Waals surface area contributed by atoms with Crippen molar-refractivity contribution in [3.05, 3.63) is 72.1 Å². The van der Waals surface area contributed by atoms with Crippen molar-refractivity contribution in [2.45, 2.75) is 13.5 Å². The molecule has 4 rings (SSSR count). The lowest BCUT2D eigenvalue weighted by Gasteiger charge is -2.09. The quantitative estimate of drug-likeness (QED) is 0.571. The molecule has 4 aromatic rings. The van der Waals surface area contributed by atoms with E-state index in [0.717, 1.165) is 17.8 Å². The number of hydrogen-bond acceptors (Lipinski definition) is 3. The van der Waals surface area contributed by atoms with E-state index in [1.165, 1.54) is 22.9 Å². The van der Waals surface area contributed by atoms with Crippen LogP contribution in [0.3, 0.4) is 0 Å². The molecule has 0 N–H and O–H groups in total. The van der Waals surface area contributed by atoms with Crippen molar-refractivity contribution in [2.75, 3.05) is 0 Å².